The van der Waals surface area contributed by atoms with Crippen LogP contribution in [0.5, 0.6) is 11.5 Å². The summed E-state index contributed by atoms with van der Waals surface area (Å²) in [6.07, 6.45) is 0.360. The first-order chi connectivity index (χ1) is 9.40. The molecule has 1 amide bonds. The number of aliphatic carboxylic acids is 1. The van der Waals surface area contributed by atoms with Gasteiger partial charge in [0.25, 0.3) is 5.91 Å². The first kappa shape index (κ1) is 14.2. The van der Waals surface area contributed by atoms with Crippen LogP contribution < -0.4 is 14.8 Å². The number of rotatable bonds is 5. The van der Waals surface area contributed by atoms with Gasteiger partial charge < -0.3 is 19.9 Å². The quantitative estimate of drug-likeness (QED) is 0.856. The third-order valence-corrected chi connectivity index (χ3v) is 3.25. The average molecular weight is 279 g/mol. The Labute approximate surface area is 116 Å². The molecule has 2 N–H and O–H groups in total. The summed E-state index contributed by atoms with van der Waals surface area (Å²) < 4.78 is 10.4. The van der Waals surface area contributed by atoms with Crippen LogP contribution in [0.2, 0.25) is 0 Å². The predicted octanol–water partition coefficient (Wildman–Crippen LogP) is 1.65. The molecule has 0 aliphatic carbocycles. The van der Waals surface area contributed by atoms with Gasteiger partial charge in [-0.05, 0) is 38.5 Å². The topological polar surface area (TPSA) is 84.9 Å². The summed E-state index contributed by atoms with van der Waals surface area (Å²) in [5.41, 5.74) is -0.398. The van der Waals surface area contributed by atoms with Crippen molar-refractivity contribution >= 4 is 11.9 Å². The van der Waals surface area contributed by atoms with E-state index in [1.165, 1.54) is 0 Å². The molecule has 0 saturated carbocycles. The molecule has 0 atom stereocenters. The van der Waals surface area contributed by atoms with E-state index in [0.29, 0.717) is 30.0 Å². The van der Waals surface area contributed by atoms with Crippen LogP contribution in [0.4, 0.5) is 0 Å². The molecule has 0 bridgehead atoms. The number of carboxylic acid groups (broad SMARTS) is 1. The zero-order valence-corrected chi connectivity index (χ0v) is 11.4. The van der Waals surface area contributed by atoms with Crippen LogP contribution in [0.1, 0.15) is 30.6 Å². The van der Waals surface area contributed by atoms with Crippen molar-refractivity contribution in [2.45, 2.75) is 20.3 Å². The first-order valence-electron chi connectivity index (χ1n) is 6.31. The highest BCUT2D eigenvalue weighted by Crippen LogP contribution is 2.32. The lowest BCUT2D eigenvalue weighted by Crippen LogP contribution is -2.31. The van der Waals surface area contributed by atoms with Gasteiger partial charge in [-0.3, -0.25) is 9.59 Å². The third kappa shape index (κ3) is 3.01. The Kier molecular flexibility index (Phi) is 3.83. The highest BCUT2D eigenvalue weighted by atomic mass is 16.7. The summed E-state index contributed by atoms with van der Waals surface area (Å²) >= 11 is 0. The van der Waals surface area contributed by atoms with Crippen molar-refractivity contribution in [3.63, 3.8) is 0 Å². The molecule has 1 aliphatic rings. The fourth-order valence-corrected chi connectivity index (χ4v) is 1.74. The minimum absolute atomic E-state index is 0.160. The van der Waals surface area contributed by atoms with E-state index >= 15 is 0 Å². The fourth-order valence-electron chi connectivity index (χ4n) is 1.74. The fraction of sp³-hybridized carbons (Fsp3) is 0.429. The maximum atomic E-state index is 11.9. The molecule has 1 aliphatic heterocycles. The highest BCUT2D eigenvalue weighted by Gasteiger charge is 2.26. The van der Waals surface area contributed by atoms with E-state index in [0.717, 1.165) is 0 Å². The molecule has 6 nitrogen and oxygen atoms in total. The largest absolute Gasteiger partial charge is 0.481 e. The van der Waals surface area contributed by atoms with Gasteiger partial charge >= 0.3 is 5.97 Å². The Morgan fingerprint density at radius 2 is 2.00 bits per heavy atom. The number of hydrogen-bond donors (Lipinski definition) is 2. The zero-order valence-electron chi connectivity index (χ0n) is 11.4. The summed E-state index contributed by atoms with van der Waals surface area (Å²) in [6.45, 7) is 3.71. The van der Waals surface area contributed by atoms with Crippen LogP contribution in [-0.4, -0.2) is 30.3 Å². The number of fused-ring (bicyclic) bond motifs is 1. The molecule has 0 unspecified atom stereocenters. The van der Waals surface area contributed by atoms with Gasteiger partial charge in [-0.15, -0.1) is 0 Å². The van der Waals surface area contributed by atoms with Crippen molar-refractivity contribution in [1.82, 2.24) is 5.32 Å². The number of amides is 1. The van der Waals surface area contributed by atoms with E-state index in [-0.39, 0.29) is 12.7 Å². The van der Waals surface area contributed by atoms with E-state index in [2.05, 4.69) is 5.32 Å². The number of carbonyl (C=O) groups is 2. The van der Waals surface area contributed by atoms with Crippen molar-refractivity contribution < 1.29 is 24.2 Å². The summed E-state index contributed by atoms with van der Waals surface area (Å²) in [4.78, 5) is 22.9. The standard InChI is InChI=1S/C14H17NO5/c1-14(2,13(17)18)5-6-15-12(16)9-3-4-10-11(7-9)20-8-19-10/h3-4,7H,5-6,8H2,1-2H3,(H,15,16)(H,17,18). The second-order valence-electron chi connectivity index (χ2n) is 5.26. The molecule has 0 fully saturated rings. The molecule has 20 heavy (non-hydrogen) atoms. The van der Waals surface area contributed by atoms with Crippen LogP contribution in [-0.2, 0) is 4.79 Å². The minimum atomic E-state index is -0.880. The molecule has 1 aromatic carbocycles. The summed E-state index contributed by atoms with van der Waals surface area (Å²) in [6, 6.07) is 4.93. The molecule has 0 aromatic heterocycles. The predicted molar refractivity (Wildman–Crippen MR) is 70.9 cm³/mol. The highest BCUT2D eigenvalue weighted by molar-refractivity contribution is 5.94. The van der Waals surface area contributed by atoms with Gasteiger partial charge in [-0.1, -0.05) is 0 Å². The molecule has 108 valence electrons. The Hall–Kier alpha value is -2.24. The van der Waals surface area contributed by atoms with Crippen LogP contribution in [0.3, 0.4) is 0 Å². The van der Waals surface area contributed by atoms with Crippen molar-refractivity contribution in [2.75, 3.05) is 13.3 Å². The number of benzene rings is 1. The van der Waals surface area contributed by atoms with E-state index in [4.69, 9.17) is 14.6 Å². The van der Waals surface area contributed by atoms with Crippen molar-refractivity contribution in [1.29, 1.82) is 0 Å². The summed E-state index contributed by atoms with van der Waals surface area (Å²) in [5.74, 6) is 0.0244. The van der Waals surface area contributed by atoms with Crippen molar-refractivity contribution in [3.8, 4) is 11.5 Å². The number of nitrogens with one attached hydrogen (secondary N) is 1. The molecule has 0 radical (unpaired) electrons. The maximum absolute atomic E-state index is 11.9. The lowest BCUT2D eigenvalue weighted by atomic mass is 9.90. The van der Waals surface area contributed by atoms with E-state index < -0.39 is 11.4 Å². The maximum Gasteiger partial charge on any atom is 0.309 e. The van der Waals surface area contributed by atoms with Crippen molar-refractivity contribution in [2.24, 2.45) is 5.41 Å². The summed E-state index contributed by atoms with van der Waals surface area (Å²) in [7, 11) is 0. The van der Waals surface area contributed by atoms with Gasteiger partial charge in [0.1, 0.15) is 0 Å². The van der Waals surface area contributed by atoms with Crippen LogP contribution in [0.15, 0.2) is 18.2 Å². The second-order valence-corrected chi connectivity index (χ2v) is 5.26. The first-order valence-corrected chi connectivity index (χ1v) is 6.31. The van der Waals surface area contributed by atoms with Crippen LogP contribution in [0, 0.1) is 5.41 Å². The second kappa shape index (κ2) is 5.40. The summed E-state index contributed by atoms with van der Waals surface area (Å²) in [5, 5.41) is 11.7. The Bertz CT molecular complexity index is 538. The van der Waals surface area contributed by atoms with Gasteiger partial charge in [0.05, 0.1) is 5.41 Å². The molecule has 6 heteroatoms. The lowest BCUT2D eigenvalue weighted by molar-refractivity contribution is -0.147. The molecular weight excluding hydrogens is 262 g/mol. The molecule has 1 heterocycles. The van der Waals surface area contributed by atoms with Gasteiger partial charge in [0.15, 0.2) is 11.5 Å². The lowest BCUT2D eigenvalue weighted by Gasteiger charge is -2.18. The average Bonchev–Trinajstić information content (AvgIpc) is 2.85. The van der Waals surface area contributed by atoms with Crippen LogP contribution in [0.25, 0.3) is 0 Å². The van der Waals surface area contributed by atoms with Gasteiger partial charge in [0.2, 0.25) is 6.79 Å². The molecule has 0 saturated heterocycles. The third-order valence-electron chi connectivity index (χ3n) is 3.25. The van der Waals surface area contributed by atoms with E-state index in [1.807, 2.05) is 0 Å². The van der Waals surface area contributed by atoms with Crippen molar-refractivity contribution in [3.05, 3.63) is 23.8 Å². The van der Waals surface area contributed by atoms with Gasteiger partial charge in [0, 0.05) is 12.1 Å². The number of carbonyl (C=O) groups excluding carboxylic acids is 1. The van der Waals surface area contributed by atoms with E-state index in [9.17, 15) is 9.59 Å². The zero-order chi connectivity index (χ0) is 14.8. The molecule has 2 rings (SSSR count). The van der Waals surface area contributed by atoms with E-state index in [1.54, 1.807) is 32.0 Å². The SMILES string of the molecule is CC(C)(CCNC(=O)c1ccc2c(c1)OCO2)C(=O)O. The monoisotopic (exact) mass is 279 g/mol. The van der Waals surface area contributed by atoms with Gasteiger partial charge in [-0.25, -0.2) is 0 Å². The normalized spacial score (nSPS) is 13.1. The Morgan fingerprint density at radius 3 is 2.70 bits per heavy atom. The molecule has 0 spiro atoms. The number of carboxylic acids is 1. The minimum Gasteiger partial charge on any atom is -0.481 e. The number of hydrogen-bond acceptors (Lipinski definition) is 4. The molecular formula is C14H17NO5. The van der Waals surface area contributed by atoms with Gasteiger partial charge in [-0.2, -0.15) is 0 Å². The molecule has 1 aromatic rings. The Morgan fingerprint density at radius 1 is 1.30 bits per heavy atom. The number of ether oxygens (including phenoxy) is 2. The van der Waals surface area contributed by atoms with Crippen LogP contribution >= 0.6 is 0 Å². The smallest absolute Gasteiger partial charge is 0.309 e. The Balaban J connectivity index is 1.91.